The number of para-hydroxylation sites is 1. The second-order valence-electron chi connectivity index (χ2n) is 7.55. The van der Waals surface area contributed by atoms with Gasteiger partial charge in [-0.2, -0.15) is 0 Å². The van der Waals surface area contributed by atoms with Crippen LogP contribution in [0.25, 0.3) is 5.69 Å². The monoisotopic (exact) mass is 421 g/mol. The van der Waals surface area contributed by atoms with Crippen molar-refractivity contribution >= 4 is 23.4 Å². The molecule has 1 fully saturated rings. The third kappa shape index (κ3) is 3.85. The number of hydrogen-bond donors (Lipinski definition) is 0. The number of halogens is 1. The highest BCUT2D eigenvalue weighted by atomic mass is 35.5. The number of rotatable bonds is 3. The Morgan fingerprint density at radius 2 is 1.37 bits per heavy atom. The molecule has 0 radical (unpaired) electrons. The van der Waals surface area contributed by atoms with Crippen LogP contribution in [0.15, 0.2) is 60.7 Å². The SMILES string of the molecule is Cc1cc(C(=O)N2CCN(C(=O)c3ccc(Cl)cc3)CC2)c(C)n1-c1ccccc1. The summed E-state index contributed by atoms with van der Waals surface area (Å²) in [6, 6.07) is 18.9. The number of benzene rings is 2. The van der Waals surface area contributed by atoms with Gasteiger partial charge >= 0.3 is 0 Å². The number of hydrogen-bond acceptors (Lipinski definition) is 2. The van der Waals surface area contributed by atoms with Crippen LogP contribution in [-0.2, 0) is 0 Å². The molecule has 154 valence electrons. The standard InChI is InChI=1S/C24H24ClN3O2/c1-17-16-22(18(2)28(17)21-6-4-3-5-7-21)24(30)27-14-12-26(13-15-27)23(29)19-8-10-20(25)11-9-19/h3-11,16H,12-15H2,1-2H3. The first-order valence-corrected chi connectivity index (χ1v) is 10.4. The summed E-state index contributed by atoms with van der Waals surface area (Å²) < 4.78 is 2.10. The van der Waals surface area contributed by atoms with E-state index in [0.29, 0.717) is 42.3 Å². The van der Waals surface area contributed by atoms with E-state index in [1.807, 2.05) is 55.1 Å². The van der Waals surface area contributed by atoms with E-state index in [-0.39, 0.29) is 11.8 Å². The summed E-state index contributed by atoms with van der Waals surface area (Å²) in [5, 5.41) is 0.607. The fraction of sp³-hybridized carbons (Fsp3) is 0.250. The van der Waals surface area contributed by atoms with Crippen LogP contribution in [0.2, 0.25) is 5.02 Å². The van der Waals surface area contributed by atoms with Gasteiger partial charge in [-0.1, -0.05) is 29.8 Å². The van der Waals surface area contributed by atoms with E-state index in [1.54, 1.807) is 29.2 Å². The van der Waals surface area contributed by atoms with Crippen molar-refractivity contribution in [2.75, 3.05) is 26.2 Å². The molecule has 0 saturated carbocycles. The van der Waals surface area contributed by atoms with Gasteiger partial charge in [-0.3, -0.25) is 9.59 Å². The second kappa shape index (κ2) is 8.36. The van der Waals surface area contributed by atoms with Gasteiger partial charge in [0, 0.05) is 53.8 Å². The second-order valence-corrected chi connectivity index (χ2v) is 7.98. The van der Waals surface area contributed by atoms with Crippen molar-refractivity contribution in [3.05, 3.63) is 88.2 Å². The summed E-state index contributed by atoms with van der Waals surface area (Å²) in [5.41, 5.74) is 4.34. The van der Waals surface area contributed by atoms with Crippen molar-refractivity contribution in [3.63, 3.8) is 0 Å². The average molecular weight is 422 g/mol. The molecule has 0 unspecified atom stereocenters. The lowest BCUT2D eigenvalue weighted by Gasteiger charge is -2.35. The van der Waals surface area contributed by atoms with Gasteiger partial charge in [0.1, 0.15) is 0 Å². The summed E-state index contributed by atoms with van der Waals surface area (Å²) in [4.78, 5) is 29.5. The molecular weight excluding hydrogens is 398 g/mol. The van der Waals surface area contributed by atoms with Crippen molar-refractivity contribution in [3.8, 4) is 5.69 Å². The van der Waals surface area contributed by atoms with Crippen LogP contribution in [0, 0.1) is 13.8 Å². The zero-order valence-corrected chi connectivity index (χ0v) is 17.9. The Balaban J connectivity index is 1.46. The van der Waals surface area contributed by atoms with E-state index in [2.05, 4.69) is 4.57 Å². The summed E-state index contributed by atoms with van der Waals surface area (Å²) in [7, 11) is 0. The molecule has 1 saturated heterocycles. The molecule has 1 aliphatic rings. The quantitative estimate of drug-likeness (QED) is 0.631. The summed E-state index contributed by atoms with van der Waals surface area (Å²) in [5.74, 6) is -0.00936. The Labute approximate surface area is 181 Å². The maximum atomic E-state index is 13.2. The van der Waals surface area contributed by atoms with Crippen molar-refractivity contribution in [1.29, 1.82) is 0 Å². The minimum atomic E-state index is -0.0268. The summed E-state index contributed by atoms with van der Waals surface area (Å²) in [6.07, 6.45) is 0. The van der Waals surface area contributed by atoms with Crippen LogP contribution in [0.5, 0.6) is 0 Å². The van der Waals surface area contributed by atoms with Crippen molar-refractivity contribution in [2.45, 2.75) is 13.8 Å². The molecule has 6 heteroatoms. The normalized spacial score (nSPS) is 14.1. The van der Waals surface area contributed by atoms with Gasteiger partial charge in [0.2, 0.25) is 0 Å². The van der Waals surface area contributed by atoms with Gasteiger partial charge in [-0.15, -0.1) is 0 Å². The maximum Gasteiger partial charge on any atom is 0.255 e. The van der Waals surface area contributed by atoms with Gasteiger partial charge in [-0.05, 0) is 56.3 Å². The maximum absolute atomic E-state index is 13.2. The van der Waals surface area contributed by atoms with Crippen molar-refractivity contribution in [1.82, 2.24) is 14.4 Å². The summed E-state index contributed by atoms with van der Waals surface area (Å²) >= 11 is 5.91. The van der Waals surface area contributed by atoms with E-state index in [1.165, 1.54) is 0 Å². The van der Waals surface area contributed by atoms with E-state index >= 15 is 0 Å². The lowest BCUT2D eigenvalue weighted by atomic mass is 10.1. The molecule has 0 spiro atoms. The highest BCUT2D eigenvalue weighted by Crippen LogP contribution is 2.23. The zero-order chi connectivity index (χ0) is 21.3. The van der Waals surface area contributed by atoms with E-state index < -0.39 is 0 Å². The number of carbonyl (C=O) groups is 2. The Kier molecular flexibility index (Phi) is 5.64. The van der Waals surface area contributed by atoms with Crippen LogP contribution in [-0.4, -0.2) is 52.4 Å². The Morgan fingerprint density at radius 3 is 1.97 bits per heavy atom. The van der Waals surface area contributed by atoms with Crippen LogP contribution in [0.3, 0.4) is 0 Å². The topological polar surface area (TPSA) is 45.6 Å². The number of aromatic nitrogens is 1. The van der Waals surface area contributed by atoms with Crippen molar-refractivity contribution < 1.29 is 9.59 Å². The predicted octanol–water partition coefficient (Wildman–Crippen LogP) is 4.35. The molecule has 1 aliphatic heterocycles. The first-order chi connectivity index (χ1) is 14.5. The molecule has 2 heterocycles. The molecule has 0 aliphatic carbocycles. The van der Waals surface area contributed by atoms with Crippen LogP contribution in [0.4, 0.5) is 0 Å². The van der Waals surface area contributed by atoms with Gasteiger partial charge in [0.25, 0.3) is 11.8 Å². The molecule has 2 aromatic carbocycles. The molecule has 2 amide bonds. The smallest absolute Gasteiger partial charge is 0.255 e. The van der Waals surface area contributed by atoms with Gasteiger partial charge in [-0.25, -0.2) is 0 Å². The Morgan fingerprint density at radius 1 is 0.800 bits per heavy atom. The number of nitrogens with zero attached hydrogens (tertiary/aromatic N) is 3. The summed E-state index contributed by atoms with van der Waals surface area (Å²) in [6.45, 7) is 6.07. The van der Waals surface area contributed by atoms with Crippen molar-refractivity contribution in [2.24, 2.45) is 0 Å². The van der Waals surface area contributed by atoms with E-state index in [4.69, 9.17) is 11.6 Å². The number of carbonyl (C=O) groups excluding carboxylic acids is 2. The number of piperazine rings is 1. The first kappa shape index (κ1) is 20.2. The highest BCUT2D eigenvalue weighted by Gasteiger charge is 2.27. The lowest BCUT2D eigenvalue weighted by molar-refractivity contribution is 0.0535. The molecule has 30 heavy (non-hydrogen) atoms. The molecule has 4 rings (SSSR count). The van der Waals surface area contributed by atoms with E-state index in [0.717, 1.165) is 17.1 Å². The lowest BCUT2D eigenvalue weighted by Crippen LogP contribution is -2.50. The minimum Gasteiger partial charge on any atom is -0.335 e. The predicted molar refractivity (Wildman–Crippen MR) is 119 cm³/mol. The fourth-order valence-electron chi connectivity index (χ4n) is 4.01. The van der Waals surface area contributed by atoms with Crippen LogP contribution in [0.1, 0.15) is 32.1 Å². The molecule has 0 N–H and O–H groups in total. The molecule has 3 aromatic rings. The van der Waals surface area contributed by atoms with Crippen LogP contribution < -0.4 is 0 Å². The number of amides is 2. The molecule has 0 bridgehead atoms. The van der Waals surface area contributed by atoms with Gasteiger partial charge < -0.3 is 14.4 Å². The zero-order valence-electron chi connectivity index (χ0n) is 17.1. The third-order valence-corrected chi connectivity index (χ3v) is 5.87. The largest absolute Gasteiger partial charge is 0.335 e. The Hall–Kier alpha value is -3.05. The molecule has 5 nitrogen and oxygen atoms in total. The van der Waals surface area contributed by atoms with Gasteiger partial charge in [0.05, 0.1) is 5.56 Å². The number of aryl methyl sites for hydroxylation is 1. The van der Waals surface area contributed by atoms with E-state index in [9.17, 15) is 9.59 Å². The Bertz CT molecular complexity index is 1070. The highest BCUT2D eigenvalue weighted by molar-refractivity contribution is 6.30. The third-order valence-electron chi connectivity index (χ3n) is 5.62. The van der Waals surface area contributed by atoms with Gasteiger partial charge in [0.15, 0.2) is 0 Å². The molecular formula is C24H24ClN3O2. The average Bonchev–Trinajstić information content (AvgIpc) is 3.08. The molecule has 1 aromatic heterocycles. The molecule has 0 atom stereocenters. The first-order valence-electron chi connectivity index (χ1n) is 10.0. The fourth-order valence-corrected chi connectivity index (χ4v) is 4.14. The minimum absolute atomic E-state index is 0.0175. The van der Waals surface area contributed by atoms with Crippen LogP contribution >= 0.6 is 11.6 Å².